The normalized spacial score (nSPS) is 14.9. The molecule has 0 atom stereocenters. The molecule has 0 aliphatic carbocycles. The SMILES string of the molecule is CCOc1ccccc1NC(=O)CN1CCC(C(=O)Nc2cc(Cl)ccc2O)CC1. The maximum absolute atomic E-state index is 12.5. The zero-order valence-electron chi connectivity index (χ0n) is 16.9. The fraction of sp³-hybridized carbons (Fsp3) is 0.364. The van der Waals surface area contributed by atoms with E-state index >= 15 is 0 Å². The lowest BCUT2D eigenvalue weighted by Crippen LogP contribution is -2.41. The number of phenolic OH excluding ortho intramolecular Hbond substituents is 1. The molecule has 1 aliphatic rings. The lowest BCUT2D eigenvalue weighted by atomic mass is 9.95. The molecule has 1 fully saturated rings. The van der Waals surface area contributed by atoms with Crippen LogP contribution in [0.4, 0.5) is 11.4 Å². The number of benzene rings is 2. The van der Waals surface area contributed by atoms with Crippen LogP contribution in [0.1, 0.15) is 19.8 Å². The first-order valence-corrected chi connectivity index (χ1v) is 10.4. The number of carbonyl (C=O) groups is 2. The summed E-state index contributed by atoms with van der Waals surface area (Å²) in [5.74, 6) is 0.180. The number of ether oxygens (including phenoxy) is 1. The average molecular weight is 432 g/mol. The first kappa shape index (κ1) is 21.9. The van der Waals surface area contributed by atoms with Crippen LogP contribution in [0.15, 0.2) is 42.5 Å². The van der Waals surface area contributed by atoms with E-state index in [0.717, 1.165) is 0 Å². The van der Waals surface area contributed by atoms with E-state index in [9.17, 15) is 14.7 Å². The van der Waals surface area contributed by atoms with Crippen LogP contribution in [-0.2, 0) is 9.59 Å². The summed E-state index contributed by atoms with van der Waals surface area (Å²) in [5.41, 5.74) is 0.960. The zero-order chi connectivity index (χ0) is 21.5. The molecule has 3 N–H and O–H groups in total. The molecule has 2 aromatic rings. The van der Waals surface area contributed by atoms with Gasteiger partial charge in [-0.1, -0.05) is 23.7 Å². The molecule has 1 saturated heterocycles. The molecule has 0 bridgehead atoms. The molecular formula is C22H26ClN3O4. The molecule has 2 amide bonds. The Kier molecular flexibility index (Phi) is 7.54. The third-order valence-corrected chi connectivity index (χ3v) is 5.24. The van der Waals surface area contributed by atoms with Crippen molar-refractivity contribution in [2.45, 2.75) is 19.8 Å². The van der Waals surface area contributed by atoms with Crippen LogP contribution in [0.3, 0.4) is 0 Å². The van der Waals surface area contributed by atoms with Crippen molar-refractivity contribution < 1.29 is 19.4 Å². The van der Waals surface area contributed by atoms with Crippen molar-refractivity contribution in [3.05, 3.63) is 47.5 Å². The fourth-order valence-electron chi connectivity index (χ4n) is 3.44. The number of para-hydroxylation sites is 2. The largest absolute Gasteiger partial charge is 0.506 e. The number of rotatable bonds is 7. The molecule has 3 rings (SSSR count). The Morgan fingerprint density at radius 2 is 1.87 bits per heavy atom. The Balaban J connectivity index is 1.48. The van der Waals surface area contributed by atoms with E-state index in [2.05, 4.69) is 10.6 Å². The van der Waals surface area contributed by atoms with Crippen molar-refractivity contribution in [2.24, 2.45) is 5.92 Å². The summed E-state index contributed by atoms with van der Waals surface area (Å²) in [6, 6.07) is 11.9. The highest BCUT2D eigenvalue weighted by molar-refractivity contribution is 6.31. The topological polar surface area (TPSA) is 90.9 Å². The quantitative estimate of drug-likeness (QED) is 0.581. The van der Waals surface area contributed by atoms with E-state index in [1.165, 1.54) is 12.1 Å². The molecule has 2 aromatic carbocycles. The first-order valence-electron chi connectivity index (χ1n) is 9.99. The number of nitrogens with zero attached hydrogens (tertiary/aromatic N) is 1. The van der Waals surface area contributed by atoms with Crippen LogP contribution in [0.5, 0.6) is 11.5 Å². The van der Waals surface area contributed by atoms with E-state index in [-0.39, 0.29) is 30.0 Å². The van der Waals surface area contributed by atoms with Gasteiger partial charge in [0.15, 0.2) is 0 Å². The van der Waals surface area contributed by atoms with E-state index in [1.807, 2.05) is 36.1 Å². The van der Waals surface area contributed by atoms with Crippen LogP contribution < -0.4 is 15.4 Å². The van der Waals surface area contributed by atoms with E-state index in [4.69, 9.17) is 16.3 Å². The van der Waals surface area contributed by atoms with Crippen LogP contribution >= 0.6 is 11.6 Å². The van der Waals surface area contributed by atoms with Gasteiger partial charge in [0.1, 0.15) is 11.5 Å². The van der Waals surface area contributed by atoms with Gasteiger partial charge >= 0.3 is 0 Å². The minimum absolute atomic E-state index is 0.0193. The molecule has 0 radical (unpaired) electrons. The van der Waals surface area contributed by atoms with E-state index in [0.29, 0.717) is 54.7 Å². The minimum Gasteiger partial charge on any atom is -0.506 e. The van der Waals surface area contributed by atoms with E-state index < -0.39 is 0 Å². The van der Waals surface area contributed by atoms with Gasteiger partial charge in [-0.25, -0.2) is 0 Å². The second-order valence-electron chi connectivity index (χ2n) is 7.18. The van der Waals surface area contributed by atoms with Crippen LogP contribution in [0.2, 0.25) is 5.02 Å². The van der Waals surface area contributed by atoms with Gasteiger partial charge in [0.2, 0.25) is 11.8 Å². The summed E-state index contributed by atoms with van der Waals surface area (Å²) in [4.78, 5) is 27.0. The van der Waals surface area contributed by atoms with Crippen molar-refractivity contribution >= 4 is 34.8 Å². The highest BCUT2D eigenvalue weighted by Crippen LogP contribution is 2.28. The number of aromatic hydroxyl groups is 1. The number of likely N-dealkylation sites (tertiary alicyclic amines) is 1. The number of anilines is 2. The van der Waals surface area contributed by atoms with Gasteiger partial charge in [0.25, 0.3) is 0 Å². The summed E-state index contributed by atoms with van der Waals surface area (Å²) < 4.78 is 5.53. The predicted molar refractivity (Wildman–Crippen MR) is 117 cm³/mol. The third-order valence-electron chi connectivity index (χ3n) is 5.00. The number of nitrogens with one attached hydrogen (secondary N) is 2. The third kappa shape index (κ3) is 5.87. The molecular weight excluding hydrogens is 406 g/mol. The molecule has 30 heavy (non-hydrogen) atoms. The number of hydrogen-bond acceptors (Lipinski definition) is 5. The minimum atomic E-state index is -0.179. The monoisotopic (exact) mass is 431 g/mol. The van der Waals surface area contributed by atoms with Crippen molar-refractivity contribution in [3.8, 4) is 11.5 Å². The van der Waals surface area contributed by atoms with Gasteiger partial charge < -0.3 is 20.5 Å². The van der Waals surface area contributed by atoms with Gasteiger partial charge in [0.05, 0.1) is 24.5 Å². The Bertz CT molecular complexity index is 898. The second-order valence-corrected chi connectivity index (χ2v) is 7.61. The average Bonchev–Trinajstić information content (AvgIpc) is 2.73. The van der Waals surface area contributed by atoms with Gasteiger partial charge in [-0.3, -0.25) is 14.5 Å². The molecule has 1 aliphatic heterocycles. The molecule has 0 spiro atoms. The zero-order valence-corrected chi connectivity index (χ0v) is 17.6. The van der Waals surface area contributed by atoms with Crippen LogP contribution in [0.25, 0.3) is 0 Å². The van der Waals surface area contributed by atoms with Crippen molar-refractivity contribution in [2.75, 3.05) is 36.9 Å². The molecule has 1 heterocycles. The van der Waals surface area contributed by atoms with Crippen molar-refractivity contribution in [3.63, 3.8) is 0 Å². The summed E-state index contributed by atoms with van der Waals surface area (Å²) in [7, 11) is 0. The second kappa shape index (κ2) is 10.3. The maximum atomic E-state index is 12.5. The molecule has 160 valence electrons. The molecule has 8 heteroatoms. The first-order chi connectivity index (χ1) is 14.5. The molecule has 0 unspecified atom stereocenters. The van der Waals surface area contributed by atoms with Crippen molar-refractivity contribution in [1.82, 2.24) is 4.90 Å². The Hall–Kier alpha value is -2.77. The van der Waals surface area contributed by atoms with E-state index in [1.54, 1.807) is 6.07 Å². The van der Waals surface area contributed by atoms with Gasteiger partial charge in [-0.15, -0.1) is 0 Å². The lowest BCUT2D eigenvalue weighted by molar-refractivity contribution is -0.121. The predicted octanol–water partition coefficient (Wildman–Crippen LogP) is 3.73. The number of hydrogen-bond donors (Lipinski definition) is 3. The smallest absolute Gasteiger partial charge is 0.238 e. The summed E-state index contributed by atoms with van der Waals surface area (Å²) >= 11 is 5.92. The Morgan fingerprint density at radius 1 is 1.13 bits per heavy atom. The summed E-state index contributed by atoms with van der Waals surface area (Å²) in [5, 5.41) is 15.9. The summed E-state index contributed by atoms with van der Waals surface area (Å²) in [6.07, 6.45) is 1.27. The molecule has 0 saturated carbocycles. The fourth-order valence-corrected chi connectivity index (χ4v) is 3.61. The number of carbonyl (C=O) groups excluding carboxylic acids is 2. The highest BCUT2D eigenvalue weighted by atomic mass is 35.5. The Labute approximate surface area is 181 Å². The number of halogens is 1. The molecule has 0 aromatic heterocycles. The number of piperidine rings is 1. The number of phenols is 1. The standard InChI is InChI=1S/C22H26ClN3O4/c1-2-30-20-6-4-3-5-17(20)24-21(28)14-26-11-9-15(10-12-26)22(29)25-18-13-16(23)7-8-19(18)27/h3-8,13,15,27H,2,9-12,14H2,1H3,(H,24,28)(H,25,29). The van der Waals surface area contributed by atoms with Crippen LogP contribution in [-0.4, -0.2) is 48.1 Å². The number of amides is 2. The van der Waals surface area contributed by atoms with Crippen LogP contribution in [0, 0.1) is 5.92 Å². The molecule has 7 nitrogen and oxygen atoms in total. The highest BCUT2D eigenvalue weighted by Gasteiger charge is 2.26. The van der Waals surface area contributed by atoms with Crippen molar-refractivity contribution in [1.29, 1.82) is 0 Å². The summed E-state index contributed by atoms with van der Waals surface area (Å²) in [6.45, 7) is 3.95. The lowest BCUT2D eigenvalue weighted by Gasteiger charge is -2.30. The Morgan fingerprint density at radius 3 is 2.60 bits per heavy atom. The van der Waals surface area contributed by atoms with Gasteiger partial charge in [0, 0.05) is 10.9 Å². The maximum Gasteiger partial charge on any atom is 0.238 e. The van der Waals surface area contributed by atoms with Gasteiger partial charge in [-0.05, 0) is 63.2 Å². The van der Waals surface area contributed by atoms with Gasteiger partial charge in [-0.2, -0.15) is 0 Å².